The summed E-state index contributed by atoms with van der Waals surface area (Å²) < 4.78 is 1.10. The molecule has 0 aliphatic rings. The van der Waals surface area contributed by atoms with Crippen molar-refractivity contribution in [2.24, 2.45) is 10.9 Å². The third-order valence-electron chi connectivity index (χ3n) is 3.85. The molecule has 0 spiro atoms. The van der Waals surface area contributed by atoms with Gasteiger partial charge in [0, 0.05) is 24.2 Å². The monoisotopic (exact) mass is 511 g/mol. The minimum atomic E-state index is 0. The molecular formula is C18H31BrIN3O. The van der Waals surface area contributed by atoms with Gasteiger partial charge < -0.3 is 15.7 Å². The van der Waals surface area contributed by atoms with Crippen molar-refractivity contribution in [3.05, 3.63) is 33.8 Å². The lowest BCUT2D eigenvalue weighted by molar-refractivity contribution is 0.251. The fourth-order valence-electron chi connectivity index (χ4n) is 2.52. The van der Waals surface area contributed by atoms with Crippen molar-refractivity contribution < 1.29 is 5.11 Å². The lowest BCUT2D eigenvalue weighted by atomic mass is 10.0. The highest BCUT2D eigenvalue weighted by Crippen LogP contribution is 2.16. The smallest absolute Gasteiger partial charge is 0.191 e. The lowest BCUT2D eigenvalue weighted by Crippen LogP contribution is -2.40. The molecule has 4 nitrogen and oxygen atoms in total. The first-order valence-corrected chi connectivity index (χ1v) is 9.28. The molecule has 0 saturated heterocycles. The Labute approximate surface area is 172 Å². The van der Waals surface area contributed by atoms with Crippen molar-refractivity contribution in [3.8, 4) is 0 Å². The van der Waals surface area contributed by atoms with Gasteiger partial charge in [-0.2, -0.15) is 0 Å². The SMILES string of the molecule is CCCC(CCO)CNC(=NCc1ccc(Br)cc1C)NCC.I. The first-order chi connectivity index (χ1) is 11.1. The minimum absolute atomic E-state index is 0. The van der Waals surface area contributed by atoms with Gasteiger partial charge in [-0.15, -0.1) is 24.0 Å². The Hall–Kier alpha value is -0.340. The molecule has 1 rings (SSSR count). The summed E-state index contributed by atoms with van der Waals surface area (Å²) in [6.07, 6.45) is 3.10. The van der Waals surface area contributed by atoms with Gasteiger partial charge in [-0.3, -0.25) is 0 Å². The van der Waals surface area contributed by atoms with Gasteiger partial charge >= 0.3 is 0 Å². The highest BCUT2D eigenvalue weighted by atomic mass is 127. The van der Waals surface area contributed by atoms with Crippen LogP contribution < -0.4 is 10.6 Å². The summed E-state index contributed by atoms with van der Waals surface area (Å²) in [6.45, 7) is 8.95. The normalized spacial score (nSPS) is 12.5. The van der Waals surface area contributed by atoms with Crippen LogP contribution in [0.25, 0.3) is 0 Å². The number of rotatable bonds is 9. The number of nitrogens with zero attached hydrogens (tertiary/aromatic N) is 1. The van der Waals surface area contributed by atoms with Crippen LogP contribution in [0.4, 0.5) is 0 Å². The first kappa shape index (κ1) is 23.7. The molecule has 0 heterocycles. The van der Waals surface area contributed by atoms with Gasteiger partial charge in [0.1, 0.15) is 0 Å². The van der Waals surface area contributed by atoms with Crippen LogP contribution in [0.5, 0.6) is 0 Å². The average Bonchev–Trinajstić information content (AvgIpc) is 2.51. The van der Waals surface area contributed by atoms with Crippen molar-refractivity contribution in [2.75, 3.05) is 19.7 Å². The Bertz CT molecular complexity index is 491. The van der Waals surface area contributed by atoms with E-state index in [0.29, 0.717) is 12.5 Å². The van der Waals surface area contributed by atoms with E-state index >= 15 is 0 Å². The van der Waals surface area contributed by atoms with Crippen molar-refractivity contribution in [1.29, 1.82) is 0 Å². The summed E-state index contributed by atoms with van der Waals surface area (Å²) in [6, 6.07) is 6.28. The van der Waals surface area contributed by atoms with Crippen molar-refractivity contribution >= 4 is 45.9 Å². The summed E-state index contributed by atoms with van der Waals surface area (Å²) in [4.78, 5) is 4.68. The number of aryl methyl sites for hydroxylation is 1. The van der Waals surface area contributed by atoms with Gasteiger partial charge in [0.2, 0.25) is 0 Å². The number of benzene rings is 1. The average molecular weight is 512 g/mol. The third kappa shape index (κ3) is 9.22. The maximum atomic E-state index is 9.16. The van der Waals surface area contributed by atoms with E-state index in [1.807, 2.05) is 0 Å². The molecule has 0 aliphatic heterocycles. The van der Waals surface area contributed by atoms with Crippen LogP contribution >= 0.6 is 39.9 Å². The number of nitrogens with one attached hydrogen (secondary N) is 2. The van der Waals surface area contributed by atoms with Gasteiger partial charge in [0.05, 0.1) is 6.54 Å². The van der Waals surface area contributed by atoms with Gasteiger partial charge in [-0.05, 0) is 55.9 Å². The molecule has 1 aromatic carbocycles. The zero-order chi connectivity index (χ0) is 17.1. The Morgan fingerprint density at radius 3 is 2.58 bits per heavy atom. The fourth-order valence-corrected chi connectivity index (χ4v) is 3.00. The fraction of sp³-hybridized carbons (Fsp3) is 0.611. The maximum absolute atomic E-state index is 9.16. The van der Waals surface area contributed by atoms with Crippen LogP contribution in [0.2, 0.25) is 0 Å². The summed E-state index contributed by atoms with van der Waals surface area (Å²) >= 11 is 3.49. The molecule has 0 aromatic heterocycles. The Balaban J connectivity index is 0.00000529. The summed E-state index contributed by atoms with van der Waals surface area (Å²) in [5, 5.41) is 15.9. The zero-order valence-electron chi connectivity index (χ0n) is 14.9. The molecule has 0 fully saturated rings. The van der Waals surface area contributed by atoms with Crippen LogP contribution in [0, 0.1) is 12.8 Å². The van der Waals surface area contributed by atoms with E-state index in [9.17, 15) is 0 Å². The lowest BCUT2D eigenvalue weighted by Gasteiger charge is -2.18. The van der Waals surface area contributed by atoms with E-state index in [4.69, 9.17) is 5.11 Å². The number of aliphatic hydroxyl groups is 1. The molecule has 0 aliphatic carbocycles. The number of aliphatic hydroxyl groups excluding tert-OH is 1. The molecular weight excluding hydrogens is 481 g/mol. The maximum Gasteiger partial charge on any atom is 0.191 e. The zero-order valence-corrected chi connectivity index (χ0v) is 18.9. The van der Waals surface area contributed by atoms with Gasteiger partial charge in [0.25, 0.3) is 0 Å². The Kier molecular flexibility index (Phi) is 13.7. The second kappa shape index (κ2) is 13.9. The van der Waals surface area contributed by atoms with Crippen LogP contribution in [0.15, 0.2) is 27.7 Å². The first-order valence-electron chi connectivity index (χ1n) is 8.48. The quantitative estimate of drug-likeness (QED) is 0.264. The van der Waals surface area contributed by atoms with E-state index in [1.165, 1.54) is 11.1 Å². The molecule has 0 amide bonds. The molecule has 24 heavy (non-hydrogen) atoms. The van der Waals surface area contributed by atoms with Gasteiger partial charge in [-0.25, -0.2) is 4.99 Å². The Morgan fingerprint density at radius 2 is 2.00 bits per heavy atom. The van der Waals surface area contributed by atoms with E-state index in [-0.39, 0.29) is 30.6 Å². The number of guanidine groups is 1. The molecule has 3 N–H and O–H groups in total. The molecule has 0 radical (unpaired) electrons. The molecule has 1 unspecified atom stereocenters. The van der Waals surface area contributed by atoms with Crippen molar-refractivity contribution in [1.82, 2.24) is 10.6 Å². The standard InChI is InChI=1S/C18H30BrN3O.HI/c1-4-6-15(9-10-23)12-21-18(20-5-2)22-13-16-7-8-17(19)11-14(16)3;/h7-8,11,15,23H,4-6,9-10,12-13H2,1-3H3,(H2,20,21,22);1H. The summed E-state index contributed by atoms with van der Waals surface area (Å²) in [7, 11) is 0. The highest BCUT2D eigenvalue weighted by molar-refractivity contribution is 14.0. The minimum Gasteiger partial charge on any atom is -0.396 e. The molecule has 1 atom stereocenters. The Morgan fingerprint density at radius 1 is 1.25 bits per heavy atom. The van der Waals surface area contributed by atoms with Crippen molar-refractivity contribution in [3.63, 3.8) is 0 Å². The van der Waals surface area contributed by atoms with Crippen LogP contribution in [-0.2, 0) is 6.54 Å². The summed E-state index contributed by atoms with van der Waals surface area (Å²) in [5.41, 5.74) is 2.47. The van der Waals surface area contributed by atoms with Gasteiger partial charge in [0.15, 0.2) is 5.96 Å². The molecule has 6 heteroatoms. The van der Waals surface area contributed by atoms with Crippen LogP contribution in [0.3, 0.4) is 0 Å². The van der Waals surface area contributed by atoms with Crippen LogP contribution in [-0.4, -0.2) is 30.8 Å². The second-order valence-corrected chi connectivity index (χ2v) is 6.73. The number of halogens is 2. The molecule has 0 saturated carbocycles. The van der Waals surface area contributed by atoms with E-state index in [1.54, 1.807) is 0 Å². The van der Waals surface area contributed by atoms with E-state index in [2.05, 4.69) is 70.5 Å². The van der Waals surface area contributed by atoms with Crippen molar-refractivity contribution in [2.45, 2.75) is 46.6 Å². The molecule has 0 bridgehead atoms. The third-order valence-corrected chi connectivity index (χ3v) is 4.34. The second-order valence-electron chi connectivity index (χ2n) is 5.81. The molecule has 1 aromatic rings. The van der Waals surface area contributed by atoms with E-state index in [0.717, 1.165) is 42.8 Å². The number of aliphatic imine (C=N–C) groups is 1. The molecule has 138 valence electrons. The topological polar surface area (TPSA) is 56.6 Å². The number of hydrogen-bond acceptors (Lipinski definition) is 2. The largest absolute Gasteiger partial charge is 0.396 e. The van der Waals surface area contributed by atoms with Gasteiger partial charge in [-0.1, -0.05) is 35.3 Å². The predicted octanol–water partition coefficient (Wildman–Crippen LogP) is 4.23. The predicted molar refractivity (Wildman–Crippen MR) is 117 cm³/mol. The van der Waals surface area contributed by atoms with Crippen LogP contribution in [0.1, 0.15) is 44.2 Å². The highest BCUT2D eigenvalue weighted by Gasteiger charge is 2.08. The van der Waals surface area contributed by atoms with E-state index < -0.39 is 0 Å². The summed E-state index contributed by atoms with van der Waals surface area (Å²) in [5.74, 6) is 1.33. The number of hydrogen-bond donors (Lipinski definition) is 3.